The third kappa shape index (κ3) is 5.70. The molecule has 1 atom stereocenters. The minimum atomic E-state index is -0.293. The molecule has 1 aliphatic heterocycles. The summed E-state index contributed by atoms with van der Waals surface area (Å²) in [7, 11) is 0. The molecule has 0 bridgehead atoms. The zero-order valence-electron chi connectivity index (χ0n) is 19.1. The maximum Gasteiger partial charge on any atom is 0.245 e. The fraction of sp³-hybridized carbons (Fsp3) is 0.321. The van der Waals surface area contributed by atoms with Crippen molar-refractivity contribution in [2.45, 2.75) is 45.7 Å². The molecule has 1 aliphatic rings. The summed E-state index contributed by atoms with van der Waals surface area (Å²) in [4.78, 5) is 15.4. The van der Waals surface area contributed by atoms with Gasteiger partial charge in [-0.25, -0.2) is 0 Å². The van der Waals surface area contributed by atoms with Crippen LogP contribution in [0, 0.1) is 13.8 Å². The molecule has 3 aromatic carbocycles. The fourth-order valence-electron chi connectivity index (χ4n) is 4.17. The van der Waals surface area contributed by atoms with Gasteiger partial charge >= 0.3 is 0 Å². The molecule has 0 unspecified atom stereocenters. The Morgan fingerprint density at radius 3 is 2.00 bits per heavy atom. The van der Waals surface area contributed by atoms with E-state index in [1.807, 2.05) is 17.0 Å². The minimum absolute atomic E-state index is 0.191. The molecule has 0 aromatic heterocycles. The Morgan fingerprint density at radius 1 is 0.812 bits per heavy atom. The Morgan fingerprint density at radius 2 is 1.38 bits per heavy atom. The zero-order valence-corrected chi connectivity index (χ0v) is 19.1. The van der Waals surface area contributed by atoms with Crippen LogP contribution in [0.3, 0.4) is 0 Å². The second-order valence-electron chi connectivity index (χ2n) is 8.80. The molecule has 1 saturated heterocycles. The lowest BCUT2D eigenvalue weighted by molar-refractivity contribution is -0.130. The first kappa shape index (κ1) is 21.9. The number of hydrogen-bond donors (Lipinski definition) is 2. The molecular formula is C28H33N3O. The number of rotatable bonds is 8. The Balaban J connectivity index is 1.52. The average Bonchev–Trinajstić information content (AvgIpc) is 3.35. The van der Waals surface area contributed by atoms with Crippen molar-refractivity contribution in [3.05, 3.63) is 95.1 Å². The predicted molar refractivity (Wildman–Crippen MR) is 133 cm³/mol. The van der Waals surface area contributed by atoms with Crippen molar-refractivity contribution in [3.63, 3.8) is 0 Å². The van der Waals surface area contributed by atoms with E-state index >= 15 is 0 Å². The van der Waals surface area contributed by atoms with Crippen LogP contribution < -0.4 is 10.6 Å². The van der Waals surface area contributed by atoms with Crippen molar-refractivity contribution in [3.8, 4) is 0 Å². The highest BCUT2D eigenvalue weighted by Crippen LogP contribution is 2.25. The standard InChI is InChI=1S/C28H33N3O/c1-21-9-13-23(14-10-21)19-27(28(32)31-17-5-6-18-31)30-26-8-4-3-7-25(26)29-20-24-15-11-22(2)12-16-24/h3-4,7-16,27,29-30H,5-6,17-20H2,1-2H3/t27-/m0/s1. The van der Waals surface area contributed by atoms with Crippen LogP contribution >= 0.6 is 0 Å². The second kappa shape index (κ2) is 10.4. The van der Waals surface area contributed by atoms with E-state index in [4.69, 9.17) is 0 Å². The molecule has 4 nitrogen and oxygen atoms in total. The molecule has 1 heterocycles. The van der Waals surface area contributed by atoms with Gasteiger partial charge in [-0.2, -0.15) is 0 Å². The van der Waals surface area contributed by atoms with E-state index in [1.165, 1.54) is 22.3 Å². The number of amides is 1. The summed E-state index contributed by atoms with van der Waals surface area (Å²) in [5.41, 5.74) is 6.87. The summed E-state index contributed by atoms with van der Waals surface area (Å²) in [5.74, 6) is 0.191. The Labute approximate surface area is 191 Å². The van der Waals surface area contributed by atoms with E-state index in [2.05, 4.69) is 85.1 Å². The maximum atomic E-state index is 13.4. The number of likely N-dealkylation sites (tertiary alicyclic amines) is 1. The first-order valence-electron chi connectivity index (χ1n) is 11.6. The van der Waals surface area contributed by atoms with E-state index in [9.17, 15) is 4.79 Å². The number of carbonyl (C=O) groups excluding carboxylic acids is 1. The number of nitrogens with one attached hydrogen (secondary N) is 2. The molecule has 4 rings (SSSR count). The van der Waals surface area contributed by atoms with Gasteiger partial charge in [0.15, 0.2) is 0 Å². The fourth-order valence-corrected chi connectivity index (χ4v) is 4.17. The van der Waals surface area contributed by atoms with Crippen LogP contribution in [0.1, 0.15) is 35.1 Å². The normalized spacial score (nSPS) is 14.2. The molecule has 0 aliphatic carbocycles. The Kier molecular flexibility index (Phi) is 7.10. The summed E-state index contributed by atoms with van der Waals surface area (Å²) in [6.07, 6.45) is 2.86. The van der Waals surface area contributed by atoms with Crippen molar-refractivity contribution in [1.29, 1.82) is 0 Å². The van der Waals surface area contributed by atoms with Gasteiger partial charge in [0.1, 0.15) is 6.04 Å². The maximum absolute atomic E-state index is 13.4. The van der Waals surface area contributed by atoms with Crippen molar-refractivity contribution < 1.29 is 4.79 Å². The zero-order chi connectivity index (χ0) is 22.3. The molecule has 1 fully saturated rings. The van der Waals surface area contributed by atoms with Gasteiger partial charge in [-0.1, -0.05) is 71.8 Å². The number of carbonyl (C=O) groups is 1. The van der Waals surface area contributed by atoms with Gasteiger partial charge in [0, 0.05) is 26.1 Å². The van der Waals surface area contributed by atoms with Crippen molar-refractivity contribution in [1.82, 2.24) is 4.90 Å². The lowest BCUT2D eigenvalue weighted by Gasteiger charge is -2.26. The lowest BCUT2D eigenvalue weighted by Crippen LogP contribution is -2.42. The summed E-state index contributed by atoms with van der Waals surface area (Å²) < 4.78 is 0. The highest BCUT2D eigenvalue weighted by Gasteiger charge is 2.27. The van der Waals surface area contributed by atoms with Crippen molar-refractivity contribution in [2.75, 3.05) is 23.7 Å². The quantitative estimate of drug-likeness (QED) is 0.495. The van der Waals surface area contributed by atoms with Gasteiger partial charge in [0.05, 0.1) is 11.4 Å². The lowest BCUT2D eigenvalue weighted by atomic mass is 10.0. The Hall–Kier alpha value is -3.27. The SMILES string of the molecule is Cc1ccc(CNc2ccccc2N[C@@H](Cc2ccc(C)cc2)C(=O)N2CCCC2)cc1. The monoisotopic (exact) mass is 427 g/mol. The van der Waals surface area contributed by atoms with Gasteiger partial charge in [-0.15, -0.1) is 0 Å². The third-order valence-corrected chi connectivity index (χ3v) is 6.14. The van der Waals surface area contributed by atoms with E-state index in [1.54, 1.807) is 0 Å². The van der Waals surface area contributed by atoms with Crippen LogP contribution in [0.4, 0.5) is 11.4 Å². The molecule has 0 spiro atoms. The van der Waals surface area contributed by atoms with E-state index in [0.29, 0.717) is 6.42 Å². The largest absolute Gasteiger partial charge is 0.379 e. The van der Waals surface area contributed by atoms with Crippen molar-refractivity contribution >= 4 is 17.3 Å². The highest BCUT2D eigenvalue weighted by molar-refractivity contribution is 5.86. The molecule has 32 heavy (non-hydrogen) atoms. The molecule has 3 aromatic rings. The van der Waals surface area contributed by atoms with Crippen LogP contribution in [-0.4, -0.2) is 29.9 Å². The van der Waals surface area contributed by atoms with E-state index in [-0.39, 0.29) is 11.9 Å². The molecular weight excluding hydrogens is 394 g/mol. The topological polar surface area (TPSA) is 44.4 Å². The van der Waals surface area contributed by atoms with Crippen LogP contribution in [0.2, 0.25) is 0 Å². The van der Waals surface area contributed by atoms with Gasteiger partial charge in [-0.3, -0.25) is 4.79 Å². The number of aryl methyl sites for hydroxylation is 2. The van der Waals surface area contributed by atoms with E-state index in [0.717, 1.165) is 43.9 Å². The van der Waals surface area contributed by atoms with Crippen molar-refractivity contribution in [2.24, 2.45) is 0 Å². The molecule has 1 amide bonds. The van der Waals surface area contributed by atoms with Crippen LogP contribution in [-0.2, 0) is 17.8 Å². The minimum Gasteiger partial charge on any atom is -0.379 e. The first-order chi connectivity index (χ1) is 15.6. The van der Waals surface area contributed by atoms with Crippen LogP contribution in [0.15, 0.2) is 72.8 Å². The van der Waals surface area contributed by atoms with Gasteiger partial charge in [0.2, 0.25) is 5.91 Å². The summed E-state index contributed by atoms with van der Waals surface area (Å²) in [5, 5.41) is 7.13. The summed E-state index contributed by atoms with van der Waals surface area (Å²) in [6, 6.07) is 24.9. The molecule has 2 N–H and O–H groups in total. The van der Waals surface area contributed by atoms with Gasteiger partial charge in [-0.05, 0) is 49.9 Å². The third-order valence-electron chi connectivity index (χ3n) is 6.14. The average molecular weight is 428 g/mol. The molecule has 166 valence electrons. The number of para-hydroxylation sites is 2. The number of hydrogen-bond acceptors (Lipinski definition) is 3. The summed E-state index contributed by atoms with van der Waals surface area (Å²) >= 11 is 0. The van der Waals surface area contributed by atoms with Crippen LogP contribution in [0.25, 0.3) is 0 Å². The number of benzene rings is 3. The first-order valence-corrected chi connectivity index (χ1v) is 11.6. The highest BCUT2D eigenvalue weighted by atomic mass is 16.2. The van der Waals surface area contributed by atoms with Crippen LogP contribution in [0.5, 0.6) is 0 Å². The summed E-state index contributed by atoms with van der Waals surface area (Å²) in [6.45, 7) is 6.64. The Bertz CT molecular complexity index is 1020. The smallest absolute Gasteiger partial charge is 0.245 e. The second-order valence-corrected chi connectivity index (χ2v) is 8.80. The molecule has 0 saturated carbocycles. The van der Waals surface area contributed by atoms with E-state index < -0.39 is 0 Å². The number of nitrogens with zero attached hydrogens (tertiary/aromatic N) is 1. The molecule has 0 radical (unpaired) electrons. The van der Waals surface area contributed by atoms with Gasteiger partial charge < -0.3 is 15.5 Å². The van der Waals surface area contributed by atoms with Gasteiger partial charge in [0.25, 0.3) is 0 Å². The molecule has 4 heteroatoms. The number of anilines is 2. The predicted octanol–water partition coefficient (Wildman–Crippen LogP) is 5.56.